The number of aliphatic hydroxyl groups is 1. The maximum atomic E-state index is 12.9. The summed E-state index contributed by atoms with van der Waals surface area (Å²) in [7, 11) is 1.24. The van der Waals surface area contributed by atoms with Gasteiger partial charge in [0.05, 0.1) is 39.9 Å². The van der Waals surface area contributed by atoms with E-state index in [-0.39, 0.29) is 19.1 Å². The summed E-state index contributed by atoms with van der Waals surface area (Å²) in [6.07, 6.45) is 60.9. The molecule has 0 saturated carbocycles. The van der Waals surface area contributed by atoms with Crippen molar-refractivity contribution in [2.75, 3.05) is 40.9 Å². The van der Waals surface area contributed by atoms with Crippen LogP contribution in [0.25, 0.3) is 0 Å². The molecule has 0 fully saturated rings. The van der Waals surface area contributed by atoms with Crippen molar-refractivity contribution in [2.24, 2.45) is 0 Å². The first-order valence-corrected chi connectivity index (χ1v) is 27.3. The van der Waals surface area contributed by atoms with E-state index in [9.17, 15) is 19.4 Å². The van der Waals surface area contributed by atoms with Crippen molar-refractivity contribution in [3.8, 4) is 0 Å². The zero-order valence-electron chi connectivity index (χ0n) is 41.5. The Morgan fingerprint density at radius 1 is 0.571 bits per heavy atom. The molecular weight excluding hydrogens is 804 g/mol. The third-order valence-corrected chi connectivity index (χ3v) is 12.1. The lowest BCUT2D eigenvalue weighted by atomic mass is 10.0. The number of quaternary nitrogens is 1. The molecule has 0 spiro atoms. The van der Waals surface area contributed by atoms with Crippen molar-refractivity contribution in [3.05, 3.63) is 72.9 Å². The molecule has 0 heterocycles. The first-order valence-electron chi connectivity index (χ1n) is 25.8. The third kappa shape index (κ3) is 47.7. The Morgan fingerprint density at radius 2 is 0.968 bits per heavy atom. The predicted molar refractivity (Wildman–Crippen MR) is 270 cm³/mol. The molecule has 0 rings (SSSR count). The largest absolute Gasteiger partial charge is 0.756 e. The number of allylic oxidation sites excluding steroid dienone is 11. The van der Waals surface area contributed by atoms with E-state index in [1.165, 1.54) is 109 Å². The van der Waals surface area contributed by atoms with Crippen LogP contribution in [0.3, 0.4) is 0 Å². The van der Waals surface area contributed by atoms with Crippen LogP contribution >= 0.6 is 7.82 Å². The Labute approximate surface area is 389 Å². The van der Waals surface area contributed by atoms with Gasteiger partial charge in [-0.1, -0.05) is 215 Å². The molecule has 0 aliphatic heterocycles. The van der Waals surface area contributed by atoms with Crippen LogP contribution in [0.4, 0.5) is 0 Å². The van der Waals surface area contributed by atoms with Gasteiger partial charge in [0.25, 0.3) is 7.82 Å². The van der Waals surface area contributed by atoms with Crippen LogP contribution in [0.1, 0.15) is 213 Å². The molecule has 0 bridgehead atoms. The van der Waals surface area contributed by atoms with Crippen molar-refractivity contribution >= 4 is 13.7 Å². The van der Waals surface area contributed by atoms with Gasteiger partial charge in [0, 0.05) is 6.42 Å². The number of hydrogen-bond donors (Lipinski definition) is 2. The normalized spacial score (nSPS) is 14.7. The number of phosphoric acid groups is 1. The molecule has 0 aromatic carbocycles. The van der Waals surface area contributed by atoms with E-state index in [0.717, 1.165) is 83.5 Å². The topological polar surface area (TPSA) is 108 Å². The van der Waals surface area contributed by atoms with Gasteiger partial charge in [-0.3, -0.25) is 9.36 Å². The van der Waals surface area contributed by atoms with Gasteiger partial charge >= 0.3 is 0 Å². The summed E-state index contributed by atoms with van der Waals surface area (Å²) in [5.41, 5.74) is 0. The summed E-state index contributed by atoms with van der Waals surface area (Å²) in [6, 6.07) is -0.896. The monoisotopic (exact) mass is 903 g/mol. The Kier molecular flexibility index (Phi) is 43.6. The Balaban J connectivity index is 4.35. The number of likely N-dealkylation sites (N-methyl/N-ethyl adjacent to an activating group) is 1. The quantitative estimate of drug-likeness (QED) is 0.0273. The lowest BCUT2D eigenvalue weighted by molar-refractivity contribution is -0.870. The van der Waals surface area contributed by atoms with E-state index in [2.05, 4.69) is 79.9 Å². The highest BCUT2D eigenvalue weighted by Gasteiger charge is 2.23. The maximum absolute atomic E-state index is 12.9. The molecule has 8 nitrogen and oxygen atoms in total. The van der Waals surface area contributed by atoms with E-state index in [4.69, 9.17) is 9.05 Å². The van der Waals surface area contributed by atoms with Crippen molar-refractivity contribution in [1.29, 1.82) is 0 Å². The molecule has 9 heteroatoms. The smallest absolute Gasteiger partial charge is 0.268 e. The summed E-state index contributed by atoms with van der Waals surface area (Å²) in [5.74, 6) is -0.211. The zero-order valence-corrected chi connectivity index (χ0v) is 42.4. The highest BCUT2D eigenvalue weighted by Crippen LogP contribution is 2.38. The van der Waals surface area contributed by atoms with Gasteiger partial charge in [0.1, 0.15) is 13.2 Å². The van der Waals surface area contributed by atoms with Gasteiger partial charge in [-0.05, 0) is 64.2 Å². The number of phosphoric ester groups is 1. The molecule has 3 atom stereocenters. The van der Waals surface area contributed by atoms with Crippen molar-refractivity contribution in [3.63, 3.8) is 0 Å². The number of unbranched alkanes of at least 4 members (excludes halogenated alkanes) is 23. The first kappa shape index (κ1) is 60.9. The number of amides is 1. The number of carbonyl (C=O) groups excluding carboxylic acids is 1. The van der Waals surface area contributed by atoms with Crippen LogP contribution in [0.5, 0.6) is 0 Å². The van der Waals surface area contributed by atoms with Gasteiger partial charge in [-0.25, -0.2) is 0 Å². The number of aliphatic hydroxyl groups excluding tert-OH is 1. The van der Waals surface area contributed by atoms with Crippen LogP contribution in [-0.4, -0.2) is 68.5 Å². The minimum atomic E-state index is -4.60. The van der Waals surface area contributed by atoms with E-state index < -0.39 is 20.0 Å². The summed E-state index contributed by atoms with van der Waals surface area (Å²) in [5, 5.41) is 13.8. The minimum Gasteiger partial charge on any atom is -0.756 e. The Bertz CT molecular complexity index is 1250. The van der Waals surface area contributed by atoms with Crippen LogP contribution < -0.4 is 10.2 Å². The van der Waals surface area contributed by atoms with Crippen LogP contribution in [-0.2, 0) is 18.4 Å². The first-order chi connectivity index (χ1) is 30.5. The second-order valence-corrected chi connectivity index (χ2v) is 19.9. The lowest BCUT2D eigenvalue weighted by Crippen LogP contribution is -2.45. The molecule has 2 N–H and O–H groups in total. The molecule has 0 aliphatic carbocycles. The van der Waals surface area contributed by atoms with Gasteiger partial charge in [-0.2, -0.15) is 0 Å². The van der Waals surface area contributed by atoms with E-state index in [0.29, 0.717) is 17.4 Å². The second-order valence-electron chi connectivity index (χ2n) is 18.5. The predicted octanol–water partition coefficient (Wildman–Crippen LogP) is 14.5. The molecule has 0 aliphatic rings. The van der Waals surface area contributed by atoms with E-state index in [1.54, 1.807) is 6.08 Å². The Hall–Kier alpha value is -2.06. The van der Waals surface area contributed by atoms with Gasteiger partial charge in [-0.15, -0.1) is 0 Å². The number of rotatable bonds is 46. The molecule has 366 valence electrons. The maximum Gasteiger partial charge on any atom is 0.268 e. The SMILES string of the molecule is CC/C=C\C/C=C\C/C=C\C/C=C\C/C=C\CCCCCCCCCC(=O)NC(COP(=O)([O-])OCC[N+](C)(C)C)C(O)/C=C/CCCCCCCCCCCCCCCCCC. The van der Waals surface area contributed by atoms with Gasteiger partial charge in [0.15, 0.2) is 0 Å². The van der Waals surface area contributed by atoms with Gasteiger partial charge in [0.2, 0.25) is 5.91 Å². The van der Waals surface area contributed by atoms with Crippen molar-refractivity contribution in [2.45, 2.75) is 225 Å². The fourth-order valence-corrected chi connectivity index (χ4v) is 7.84. The Morgan fingerprint density at radius 3 is 1.41 bits per heavy atom. The fraction of sp³-hybridized carbons (Fsp3) is 0.759. The van der Waals surface area contributed by atoms with Crippen molar-refractivity contribution < 1.29 is 32.9 Å². The highest BCUT2D eigenvalue weighted by atomic mass is 31.2. The molecule has 1 amide bonds. The summed E-state index contributed by atoms with van der Waals surface area (Å²) < 4.78 is 23.3. The fourth-order valence-electron chi connectivity index (χ4n) is 7.12. The minimum absolute atomic E-state index is 0.00658. The summed E-state index contributed by atoms with van der Waals surface area (Å²) in [6.45, 7) is 4.53. The van der Waals surface area contributed by atoms with E-state index >= 15 is 0 Å². The van der Waals surface area contributed by atoms with Crippen LogP contribution in [0.15, 0.2) is 72.9 Å². The van der Waals surface area contributed by atoms with E-state index in [1.807, 2.05) is 27.2 Å². The van der Waals surface area contributed by atoms with Crippen LogP contribution in [0.2, 0.25) is 0 Å². The average molecular weight is 903 g/mol. The molecule has 3 unspecified atom stereocenters. The lowest BCUT2D eigenvalue weighted by Gasteiger charge is -2.29. The molecule has 0 aromatic rings. The average Bonchev–Trinajstić information content (AvgIpc) is 3.24. The molecule has 0 saturated heterocycles. The second kappa shape index (κ2) is 45.1. The number of nitrogens with one attached hydrogen (secondary N) is 1. The zero-order chi connectivity index (χ0) is 46.4. The highest BCUT2D eigenvalue weighted by molar-refractivity contribution is 7.45. The third-order valence-electron chi connectivity index (χ3n) is 11.2. The number of nitrogens with zero attached hydrogens (tertiary/aromatic N) is 1. The number of hydrogen-bond acceptors (Lipinski definition) is 6. The van der Waals surface area contributed by atoms with Crippen molar-refractivity contribution in [1.82, 2.24) is 5.32 Å². The summed E-state index contributed by atoms with van der Waals surface area (Å²) >= 11 is 0. The molecule has 0 aromatic heterocycles. The standard InChI is InChI=1S/C54H99N2O6P/c1-6-8-10-12-14-16-18-20-22-24-26-27-28-29-30-32-34-36-38-40-42-44-46-48-54(58)55-52(51-62-63(59,60)61-50-49-56(3,4)5)53(57)47-45-43-41-39-37-35-33-31-25-23-21-19-17-15-13-11-9-7-2/h8,10,14,16,20,22,26-27,29-30,45,47,52-53,57H,6-7,9,11-13,15,17-19,21,23-25,28,31-44,46,48-51H2,1-5H3,(H-,55,58,59,60)/b10-8-,16-14-,22-20-,27-26-,30-29-,47-45+. The molecule has 0 radical (unpaired) electrons. The molecule has 63 heavy (non-hydrogen) atoms. The summed E-state index contributed by atoms with van der Waals surface area (Å²) in [4.78, 5) is 25.4. The van der Waals surface area contributed by atoms with Gasteiger partial charge < -0.3 is 28.8 Å². The number of carbonyl (C=O) groups is 1. The molecular formula is C54H99N2O6P. The van der Waals surface area contributed by atoms with Crippen LogP contribution in [0, 0.1) is 0 Å².